The van der Waals surface area contributed by atoms with Gasteiger partial charge in [-0.1, -0.05) is 0 Å². The highest BCUT2D eigenvalue weighted by Crippen LogP contribution is 2.24. The normalized spacial score (nSPS) is 30.5. The van der Waals surface area contributed by atoms with Crippen LogP contribution in [-0.4, -0.2) is 58.9 Å². The number of aliphatic hydroxyl groups is 1. The fraction of sp³-hybridized carbons (Fsp3) is 0.818. The Kier molecular flexibility index (Phi) is 3.63. The summed E-state index contributed by atoms with van der Waals surface area (Å²) in [6, 6.07) is -0.875. The minimum Gasteiger partial charge on any atom is -0.480 e. The van der Waals surface area contributed by atoms with Gasteiger partial charge in [0, 0.05) is 32.1 Å². The van der Waals surface area contributed by atoms with E-state index in [9.17, 15) is 14.7 Å². The predicted molar refractivity (Wildman–Crippen MR) is 57.3 cm³/mol. The van der Waals surface area contributed by atoms with E-state index in [2.05, 4.69) is 0 Å². The molecule has 0 radical (unpaired) electrons. The van der Waals surface area contributed by atoms with E-state index in [0.717, 1.165) is 0 Å². The van der Waals surface area contributed by atoms with E-state index in [1.54, 1.807) is 0 Å². The van der Waals surface area contributed by atoms with Crippen LogP contribution < -0.4 is 0 Å². The fourth-order valence-electron chi connectivity index (χ4n) is 2.47. The van der Waals surface area contributed by atoms with E-state index in [-0.39, 0.29) is 24.8 Å². The van der Waals surface area contributed by atoms with Gasteiger partial charge < -0.3 is 19.8 Å². The molecule has 2 atom stereocenters. The van der Waals surface area contributed by atoms with Gasteiger partial charge in [0.25, 0.3) is 0 Å². The molecule has 17 heavy (non-hydrogen) atoms. The molecule has 0 aromatic rings. The summed E-state index contributed by atoms with van der Waals surface area (Å²) in [4.78, 5) is 24.5. The standard InChI is InChI=1S/C11H17NO5/c13-8-5-9(11(15)16)12(6-8)10(14)7-1-3-17-4-2-7/h7-9,13H,1-6H2,(H,15,16)/t8-,9+/m1/s1. The Morgan fingerprint density at radius 2 is 1.88 bits per heavy atom. The van der Waals surface area contributed by atoms with Crippen LogP contribution in [-0.2, 0) is 14.3 Å². The zero-order valence-corrected chi connectivity index (χ0v) is 9.54. The number of carboxylic acids is 1. The van der Waals surface area contributed by atoms with Crippen LogP contribution in [0.5, 0.6) is 0 Å². The quantitative estimate of drug-likeness (QED) is 0.680. The average molecular weight is 243 g/mol. The van der Waals surface area contributed by atoms with Crippen LogP contribution >= 0.6 is 0 Å². The summed E-state index contributed by atoms with van der Waals surface area (Å²) in [7, 11) is 0. The zero-order chi connectivity index (χ0) is 12.4. The molecule has 6 nitrogen and oxygen atoms in total. The molecule has 2 saturated heterocycles. The molecule has 2 aliphatic rings. The largest absolute Gasteiger partial charge is 0.480 e. The first-order valence-electron chi connectivity index (χ1n) is 5.88. The second-order valence-electron chi connectivity index (χ2n) is 4.62. The predicted octanol–water partition coefficient (Wildman–Crippen LogP) is -0.541. The third-order valence-corrected chi connectivity index (χ3v) is 3.42. The fourth-order valence-corrected chi connectivity index (χ4v) is 2.47. The number of aliphatic hydroxyl groups excluding tert-OH is 1. The first-order valence-corrected chi connectivity index (χ1v) is 5.88. The van der Waals surface area contributed by atoms with Crippen LogP contribution in [0.1, 0.15) is 19.3 Å². The summed E-state index contributed by atoms with van der Waals surface area (Å²) in [6.45, 7) is 1.22. The van der Waals surface area contributed by atoms with Crippen molar-refractivity contribution in [3.8, 4) is 0 Å². The van der Waals surface area contributed by atoms with Gasteiger partial charge in [0.1, 0.15) is 6.04 Å². The number of hydrogen-bond donors (Lipinski definition) is 2. The van der Waals surface area contributed by atoms with Crippen molar-refractivity contribution in [1.82, 2.24) is 4.90 Å². The monoisotopic (exact) mass is 243 g/mol. The van der Waals surface area contributed by atoms with Crippen LogP contribution in [0.25, 0.3) is 0 Å². The number of nitrogens with zero attached hydrogens (tertiary/aromatic N) is 1. The van der Waals surface area contributed by atoms with Crippen molar-refractivity contribution in [1.29, 1.82) is 0 Å². The molecule has 0 saturated carbocycles. The number of hydrogen-bond acceptors (Lipinski definition) is 4. The van der Waals surface area contributed by atoms with Gasteiger partial charge in [-0.25, -0.2) is 4.79 Å². The molecule has 0 spiro atoms. The number of likely N-dealkylation sites (tertiary alicyclic amines) is 1. The number of carboxylic acid groups (broad SMARTS) is 1. The van der Waals surface area contributed by atoms with E-state index >= 15 is 0 Å². The SMILES string of the molecule is O=C(O)[C@@H]1C[C@@H](O)CN1C(=O)C1CCOCC1. The molecule has 96 valence electrons. The maximum absolute atomic E-state index is 12.2. The Hall–Kier alpha value is -1.14. The molecule has 2 aliphatic heterocycles. The van der Waals surface area contributed by atoms with Crippen LogP contribution in [0.15, 0.2) is 0 Å². The minimum atomic E-state index is -1.04. The van der Waals surface area contributed by atoms with Gasteiger partial charge in [-0.3, -0.25) is 4.79 Å². The topological polar surface area (TPSA) is 87.1 Å². The van der Waals surface area contributed by atoms with E-state index in [4.69, 9.17) is 9.84 Å². The average Bonchev–Trinajstić information content (AvgIpc) is 2.72. The number of aliphatic carboxylic acids is 1. The number of carbonyl (C=O) groups excluding carboxylic acids is 1. The summed E-state index contributed by atoms with van der Waals surface area (Å²) in [6.07, 6.45) is 0.680. The molecule has 2 N–H and O–H groups in total. The molecule has 1 amide bonds. The van der Waals surface area contributed by atoms with E-state index < -0.39 is 18.1 Å². The summed E-state index contributed by atoms with van der Waals surface area (Å²) in [5, 5.41) is 18.5. The van der Waals surface area contributed by atoms with E-state index in [0.29, 0.717) is 26.1 Å². The van der Waals surface area contributed by atoms with Crippen LogP contribution in [0.4, 0.5) is 0 Å². The second kappa shape index (κ2) is 5.01. The molecule has 0 aliphatic carbocycles. The summed E-state index contributed by atoms with van der Waals surface area (Å²) in [5.74, 6) is -1.35. The van der Waals surface area contributed by atoms with E-state index in [1.807, 2.05) is 0 Å². The Labute approximate surface area is 99.2 Å². The Morgan fingerprint density at radius 3 is 2.47 bits per heavy atom. The summed E-state index contributed by atoms with van der Waals surface area (Å²) in [5.41, 5.74) is 0. The van der Waals surface area contributed by atoms with Crippen molar-refractivity contribution in [2.24, 2.45) is 5.92 Å². The third kappa shape index (κ3) is 2.58. The van der Waals surface area contributed by atoms with Gasteiger partial charge in [-0.05, 0) is 12.8 Å². The summed E-state index contributed by atoms with van der Waals surface area (Å²) >= 11 is 0. The van der Waals surface area contributed by atoms with Crippen LogP contribution in [0.3, 0.4) is 0 Å². The maximum atomic E-state index is 12.2. The van der Waals surface area contributed by atoms with Crippen LogP contribution in [0.2, 0.25) is 0 Å². The van der Waals surface area contributed by atoms with Gasteiger partial charge >= 0.3 is 5.97 Å². The Balaban J connectivity index is 2.04. The highest BCUT2D eigenvalue weighted by Gasteiger charge is 2.41. The Bertz CT molecular complexity index is 313. The van der Waals surface area contributed by atoms with Gasteiger partial charge in [0.2, 0.25) is 5.91 Å². The lowest BCUT2D eigenvalue weighted by molar-refractivity contribution is -0.151. The van der Waals surface area contributed by atoms with Crippen molar-refractivity contribution in [2.45, 2.75) is 31.4 Å². The maximum Gasteiger partial charge on any atom is 0.326 e. The summed E-state index contributed by atoms with van der Waals surface area (Å²) < 4.78 is 5.17. The van der Waals surface area contributed by atoms with Gasteiger partial charge in [-0.2, -0.15) is 0 Å². The van der Waals surface area contributed by atoms with Gasteiger partial charge in [0.05, 0.1) is 6.10 Å². The molecule has 0 aromatic heterocycles. The molecule has 2 heterocycles. The molecule has 0 bridgehead atoms. The minimum absolute atomic E-state index is 0.129. The molecule has 6 heteroatoms. The van der Waals surface area contributed by atoms with E-state index in [1.165, 1.54) is 4.90 Å². The molecular weight excluding hydrogens is 226 g/mol. The van der Waals surface area contributed by atoms with Gasteiger partial charge in [0.15, 0.2) is 0 Å². The zero-order valence-electron chi connectivity index (χ0n) is 9.54. The Morgan fingerprint density at radius 1 is 1.24 bits per heavy atom. The highest BCUT2D eigenvalue weighted by atomic mass is 16.5. The smallest absolute Gasteiger partial charge is 0.326 e. The van der Waals surface area contributed by atoms with Crippen molar-refractivity contribution in [2.75, 3.05) is 19.8 Å². The highest BCUT2D eigenvalue weighted by molar-refractivity contribution is 5.85. The lowest BCUT2D eigenvalue weighted by Crippen LogP contribution is -2.44. The first-order chi connectivity index (χ1) is 8.09. The molecule has 0 aromatic carbocycles. The first kappa shape index (κ1) is 12.3. The van der Waals surface area contributed by atoms with Crippen molar-refractivity contribution in [3.63, 3.8) is 0 Å². The van der Waals surface area contributed by atoms with Crippen molar-refractivity contribution in [3.05, 3.63) is 0 Å². The number of β-amino-alcohol motifs (C(OH)–C–C–N with tert-alkyl or cyclic N) is 1. The van der Waals surface area contributed by atoms with Gasteiger partial charge in [-0.15, -0.1) is 0 Å². The third-order valence-electron chi connectivity index (χ3n) is 3.42. The number of carbonyl (C=O) groups is 2. The molecule has 2 rings (SSSR count). The lowest BCUT2D eigenvalue weighted by atomic mass is 9.98. The number of rotatable bonds is 2. The molecular formula is C11H17NO5. The van der Waals surface area contributed by atoms with Crippen molar-refractivity contribution >= 4 is 11.9 Å². The number of ether oxygens (including phenoxy) is 1. The van der Waals surface area contributed by atoms with Crippen molar-refractivity contribution < 1.29 is 24.5 Å². The molecule has 2 fully saturated rings. The number of amides is 1. The second-order valence-corrected chi connectivity index (χ2v) is 4.62. The molecule has 0 unspecified atom stereocenters. The van der Waals surface area contributed by atoms with Crippen LogP contribution in [0, 0.1) is 5.92 Å². The lowest BCUT2D eigenvalue weighted by Gasteiger charge is -2.28.